The van der Waals surface area contributed by atoms with E-state index in [4.69, 9.17) is 5.11 Å². The molecule has 0 saturated heterocycles. The van der Waals surface area contributed by atoms with Gasteiger partial charge in [-0.15, -0.1) is 0 Å². The number of carbonyl (C=O) groups is 1. The lowest BCUT2D eigenvalue weighted by Gasteiger charge is -2.26. The minimum Gasteiger partial charge on any atom is -0.479 e. The van der Waals surface area contributed by atoms with E-state index in [9.17, 15) is 15.0 Å². The van der Waals surface area contributed by atoms with Gasteiger partial charge in [0.1, 0.15) is 0 Å². The van der Waals surface area contributed by atoms with E-state index < -0.39 is 17.7 Å². The van der Waals surface area contributed by atoms with Gasteiger partial charge in [-0.1, -0.05) is 30.3 Å². The second-order valence-electron chi connectivity index (χ2n) is 4.08. The Balaban J connectivity index is 2.57. The van der Waals surface area contributed by atoms with Crippen LogP contribution in [0.25, 0.3) is 0 Å². The lowest BCUT2D eigenvalue weighted by Crippen LogP contribution is -2.44. The molecule has 0 aliphatic rings. The van der Waals surface area contributed by atoms with Gasteiger partial charge in [-0.3, -0.25) is 0 Å². The topological polar surface area (TPSA) is 77.8 Å². The third kappa shape index (κ3) is 3.32. The Labute approximate surface area is 94.2 Å². The van der Waals surface area contributed by atoms with Gasteiger partial charge < -0.3 is 15.3 Å². The van der Waals surface area contributed by atoms with Crippen LogP contribution in [0.4, 0.5) is 0 Å². The molecule has 0 heterocycles. The summed E-state index contributed by atoms with van der Waals surface area (Å²) in [6.45, 7) is 1.33. The fourth-order valence-electron chi connectivity index (χ4n) is 1.44. The van der Waals surface area contributed by atoms with Crippen molar-refractivity contribution in [2.75, 3.05) is 0 Å². The zero-order valence-electron chi connectivity index (χ0n) is 9.13. The maximum absolute atomic E-state index is 10.5. The van der Waals surface area contributed by atoms with Crippen molar-refractivity contribution in [3.8, 4) is 0 Å². The Hall–Kier alpha value is -1.39. The lowest BCUT2D eigenvalue weighted by atomic mass is 9.91. The number of hydrogen-bond donors (Lipinski definition) is 3. The average Bonchev–Trinajstić information content (AvgIpc) is 2.27. The number of aliphatic hydroxyl groups excluding tert-OH is 1. The highest BCUT2D eigenvalue weighted by Crippen LogP contribution is 2.18. The molecule has 0 spiro atoms. The van der Waals surface area contributed by atoms with Crippen LogP contribution in [0.15, 0.2) is 30.3 Å². The molecule has 1 aromatic carbocycles. The zero-order chi connectivity index (χ0) is 12.2. The van der Waals surface area contributed by atoms with Crippen molar-refractivity contribution in [3.05, 3.63) is 35.9 Å². The van der Waals surface area contributed by atoms with Crippen LogP contribution >= 0.6 is 0 Å². The Morgan fingerprint density at radius 3 is 2.44 bits per heavy atom. The molecule has 0 amide bonds. The Kier molecular flexibility index (Phi) is 4.04. The monoisotopic (exact) mass is 224 g/mol. The largest absolute Gasteiger partial charge is 0.479 e. The van der Waals surface area contributed by atoms with Crippen molar-refractivity contribution < 1.29 is 20.1 Å². The van der Waals surface area contributed by atoms with E-state index in [2.05, 4.69) is 0 Å². The first-order valence-corrected chi connectivity index (χ1v) is 5.10. The minimum absolute atomic E-state index is 0.199. The van der Waals surface area contributed by atoms with Crippen molar-refractivity contribution in [2.45, 2.75) is 31.5 Å². The molecule has 4 nitrogen and oxygen atoms in total. The van der Waals surface area contributed by atoms with Crippen LogP contribution in [0, 0.1) is 0 Å². The fourth-order valence-corrected chi connectivity index (χ4v) is 1.44. The summed E-state index contributed by atoms with van der Waals surface area (Å²) in [5, 5.41) is 27.7. The van der Waals surface area contributed by atoms with Crippen LogP contribution in [-0.2, 0) is 11.2 Å². The molecule has 16 heavy (non-hydrogen) atoms. The molecule has 0 fully saturated rings. The molecule has 0 aromatic heterocycles. The van der Waals surface area contributed by atoms with E-state index >= 15 is 0 Å². The lowest BCUT2D eigenvalue weighted by molar-refractivity contribution is -0.161. The molecule has 1 unspecified atom stereocenters. The second-order valence-corrected chi connectivity index (χ2v) is 4.08. The van der Waals surface area contributed by atoms with Crippen LogP contribution in [-0.4, -0.2) is 33.0 Å². The van der Waals surface area contributed by atoms with Gasteiger partial charge in [0.05, 0.1) is 5.60 Å². The number of rotatable bonds is 5. The second kappa shape index (κ2) is 5.09. The highest BCUT2D eigenvalue weighted by Gasteiger charge is 2.35. The van der Waals surface area contributed by atoms with E-state index in [1.807, 2.05) is 30.3 Å². The van der Waals surface area contributed by atoms with Gasteiger partial charge in [-0.2, -0.15) is 0 Å². The molecule has 0 saturated carbocycles. The number of carboxylic acids is 1. The summed E-state index contributed by atoms with van der Waals surface area (Å²) in [6.07, 6.45) is -1.03. The molecule has 4 heteroatoms. The normalized spacial score (nSPS) is 16.4. The first-order valence-electron chi connectivity index (χ1n) is 5.10. The molecule has 0 bridgehead atoms. The van der Waals surface area contributed by atoms with Gasteiger partial charge in [0, 0.05) is 0 Å². The Bertz CT molecular complexity index is 345. The molecule has 3 N–H and O–H groups in total. The molecule has 1 aromatic rings. The van der Waals surface area contributed by atoms with Gasteiger partial charge >= 0.3 is 5.97 Å². The van der Waals surface area contributed by atoms with E-state index in [1.165, 1.54) is 6.92 Å². The maximum atomic E-state index is 10.5. The zero-order valence-corrected chi connectivity index (χ0v) is 9.13. The van der Waals surface area contributed by atoms with Crippen molar-refractivity contribution in [3.63, 3.8) is 0 Å². The molecule has 0 radical (unpaired) electrons. The summed E-state index contributed by atoms with van der Waals surface area (Å²) in [6, 6.07) is 9.41. The van der Waals surface area contributed by atoms with E-state index in [1.54, 1.807) is 0 Å². The molecule has 1 rings (SSSR count). The number of aliphatic carboxylic acids is 1. The quantitative estimate of drug-likeness (QED) is 0.691. The minimum atomic E-state index is -1.75. The maximum Gasteiger partial charge on any atom is 0.335 e. The summed E-state index contributed by atoms with van der Waals surface area (Å²) in [5.41, 5.74) is -0.609. The average molecular weight is 224 g/mol. The van der Waals surface area contributed by atoms with Crippen molar-refractivity contribution in [1.82, 2.24) is 0 Å². The van der Waals surface area contributed by atoms with Crippen molar-refractivity contribution in [1.29, 1.82) is 0 Å². The van der Waals surface area contributed by atoms with E-state index in [0.29, 0.717) is 6.42 Å². The Morgan fingerprint density at radius 1 is 1.38 bits per heavy atom. The third-order valence-corrected chi connectivity index (χ3v) is 2.59. The predicted octanol–water partition coefficient (Wildman–Crippen LogP) is 0.816. The Morgan fingerprint density at radius 2 is 1.94 bits per heavy atom. The first-order chi connectivity index (χ1) is 7.43. The van der Waals surface area contributed by atoms with Crippen LogP contribution in [0.3, 0.4) is 0 Å². The summed E-state index contributed by atoms with van der Waals surface area (Å²) in [4.78, 5) is 10.5. The molecular formula is C12H16O4. The molecule has 0 aliphatic carbocycles. The SMILES string of the molecule is CC(O)(CCc1ccccc1)[C@@H](O)C(=O)O. The van der Waals surface area contributed by atoms with E-state index in [0.717, 1.165) is 5.56 Å². The standard InChI is InChI=1S/C12H16O4/c1-12(16,10(13)11(14)15)8-7-9-5-3-2-4-6-9/h2-6,10,13,16H,7-8H2,1H3,(H,14,15)/t10-,12?/m0/s1. The van der Waals surface area contributed by atoms with Crippen LogP contribution in [0.2, 0.25) is 0 Å². The molecule has 0 aliphatic heterocycles. The summed E-state index contributed by atoms with van der Waals surface area (Å²) >= 11 is 0. The number of hydrogen-bond acceptors (Lipinski definition) is 3. The van der Waals surface area contributed by atoms with Crippen molar-refractivity contribution in [2.24, 2.45) is 0 Å². The van der Waals surface area contributed by atoms with E-state index in [-0.39, 0.29) is 6.42 Å². The third-order valence-electron chi connectivity index (χ3n) is 2.59. The fraction of sp³-hybridized carbons (Fsp3) is 0.417. The van der Waals surface area contributed by atoms with Gasteiger partial charge in [-0.25, -0.2) is 4.79 Å². The van der Waals surface area contributed by atoms with Gasteiger partial charge in [0.25, 0.3) is 0 Å². The molecular weight excluding hydrogens is 208 g/mol. The van der Waals surface area contributed by atoms with Gasteiger partial charge in [0.15, 0.2) is 6.10 Å². The number of aryl methyl sites for hydroxylation is 1. The van der Waals surface area contributed by atoms with Crippen LogP contribution < -0.4 is 0 Å². The first kappa shape index (κ1) is 12.7. The summed E-state index contributed by atoms with van der Waals surface area (Å²) in [5.74, 6) is -1.40. The van der Waals surface area contributed by atoms with Gasteiger partial charge in [-0.05, 0) is 25.3 Å². The summed E-state index contributed by atoms with van der Waals surface area (Å²) < 4.78 is 0. The smallest absolute Gasteiger partial charge is 0.335 e. The highest BCUT2D eigenvalue weighted by atomic mass is 16.4. The number of benzene rings is 1. The van der Waals surface area contributed by atoms with Crippen LogP contribution in [0.5, 0.6) is 0 Å². The molecule has 88 valence electrons. The highest BCUT2D eigenvalue weighted by molar-refractivity contribution is 5.73. The summed E-state index contributed by atoms with van der Waals surface area (Å²) in [7, 11) is 0. The van der Waals surface area contributed by atoms with Gasteiger partial charge in [0.2, 0.25) is 0 Å². The number of carboxylic acid groups (broad SMARTS) is 1. The predicted molar refractivity (Wildman–Crippen MR) is 59.0 cm³/mol. The number of aliphatic hydroxyl groups is 2. The molecule has 2 atom stereocenters. The van der Waals surface area contributed by atoms with Crippen molar-refractivity contribution >= 4 is 5.97 Å². The van der Waals surface area contributed by atoms with Crippen LogP contribution in [0.1, 0.15) is 18.9 Å².